The van der Waals surface area contributed by atoms with E-state index in [1.807, 2.05) is 12.1 Å². The molecule has 0 bridgehead atoms. The second-order valence-corrected chi connectivity index (χ2v) is 5.86. The Morgan fingerprint density at radius 1 is 1.18 bits per heavy atom. The van der Waals surface area contributed by atoms with E-state index >= 15 is 0 Å². The quantitative estimate of drug-likeness (QED) is 0.912. The predicted octanol–water partition coefficient (Wildman–Crippen LogP) is 2.50. The van der Waals surface area contributed by atoms with Crippen molar-refractivity contribution in [3.8, 4) is 11.5 Å². The predicted molar refractivity (Wildman–Crippen MR) is 69.6 cm³/mol. The van der Waals surface area contributed by atoms with Crippen molar-refractivity contribution in [3.63, 3.8) is 0 Å². The number of benzene rings is 1. The van der Waals surface area contributed by atoms with Crippen molar-refractivity contribution in [2.75, 3.05) is 19.8 Å². The van der Waals surface area contributed by atoms with E-state index in [4.69, 9.17) is 15.2 Å². The van der Waals surface area contributed by atoms with E-state index in [1.165, 1.54) is 18.4 Å². The molecule has 1 aromatic rings. The first kappa shape index (κ1) is 11.4. The monoisotopic (exact) mass is 297 g/mol. The van der Waals surface area contributed by atoms with Crippen molar-refractivity contribution in [2.24, 2.45) is 11.1 Å². The summed E-state index contributed by atoms with van der Waals surface area (Å²) < 4.78 is 12.8. The van der Waals surface area contributed by atoms with Crippen LogP contribution in [0.5, 0.6) is 11.5 Å². The highest BCUT2D eigenvalue weighted by molar-refractivity contribution is 9.10. The van der Waals surface area contributed by atoms with Crippen LogP contribution in [0, 0.1) is 5.41 Å². The Morgan fingerprint density at radius 3 is 2.41 bits per heavy atom. The zero-order valence-electron chi connectivity index (χ0n) is 9.67. The molecule has 2 aliphatic rings. The van der Waals surface area contributed by atoms with E-state index in [-0.39, 0.29) is 0 Å². The van der Waals surface area contributed by atoms with Crippen LogP contribution in [0.4, 0.5) is 0 Å². The van der Waals surface area contributed by atoms with Crippen molar-refractivity contribution >= 4 is 15.9 Å². The molecule has 1 heterocycles. The highest BCUT2D eigenvalue weighted by Gasteiger charge is 2.46. The summed E-state index contributed by atoms with van der Waals surface area (Å²) in [5.41, 5.74) is 7.07. The first-order valence-electron chi connectivity index (χ1n) is 6.01. The van der Waals surface area contributed by atoms with Gasteiger partial charge in [-0.1, -0.05) is 15.9 Å². The van der Waals surface area contributed by atoms with Gasteiger partial charge in [0.15, 0.2) is 11.5 Å². The first-order chi connectivity index (χ1) is 8.22. The SMILES string of the molecule is NCCc1cc2c(cc1Br)OCC1(CC1)CO2. The third-order valence-corrected chi connectivity index (χ3v) is 4.29. The zero-order chi connectivity index (χ0) is 11.9. The molecule has 0 radical (unpaired) electrons. The Morgan fingerprint density at radius 2 is 1.82 bits per heavy atom. The number of hydrogen-bond acceptors (Lipinski definition) is 3. The minimum absolute atomic E-state index is 0.291. The van der Waals surface area contributed by atoms with Crippen molar-refractivity contribution in [1.29, 1.82) is 0 Å². The summed E-state index contributed by atoms with van der Waals surface area (Å²) in [4.78, 5) is 0. The van der Waals surface area contributed by atoms with Crippen molar-refractivity contribution in [1.82, 2.24) is 0 Å². The zero-order valence-corrected chi connectivity index (χ0v) is 11.3. The average molecular weight is 298 g/mol. The maximum absolute atomic E-state index is 5.88. The van der Waals surface area contributed by atoms with Crippen LogP contribution in [0.15, 0.2) is 16.6 Å². The van der Waals surface area contributed by atoms with Gasteiger partial charge in [-0.15, -0.1) is 0 Å². The second-order valence-electron chi connectivity index (χ2n) is 5.01. The molecule has 0 aromatic heterocycles. The summed E-state index contributed by atoms with van der Waals surface area (Å²) in [6, 6.07) is 4.05. The molecule has 1 saturated carbocycles. The fraction of sp³-hybridized carbons (Fsp3) is 0.538. The molecule has 2 N–H and O–H groups in total. The number of rotatable bonds is 2. The van der Waals surface area contributed by atoms with E-state index in [0.717, 1.165) is 35.6 Å². The molecule has 1 aliphatic carbocycles. The lowest BCUT2D eigenvalue weighted by molar-refractivity contribution is 0.197. The molecule has 1 fully saturated rings. The van der Waals surface area contributed by atoms with Crippen LogP contribution in [0.1, 0.15) is 18.4 Å². The molecule has 0 amide bonds. The number of halogens is 1. The smallest absolute Gasteiger partial charge is 0.162 e. The number of ether oxygens (including phenoxy) is 2. The standard InChI is InChI=1S/C13H16BrNO2/c14-10-6-12-11(5-9(10)1-4-15)16-7-13(2-3-13)8-17-12/h5-6H,1-4,7-8,15H2. The van der Waals surface area contributed by atoms with Gasteiger partial charge in [-0.05, 0) is 43.5 Å². The molecule has 1 spiro atoms. The van der Waals surface area contributed by atoms with Gasteiger partial charge in [-0.2, -0.15) is 0 Å². The number of hydrogen-bond donors (Lipinski definition) is 1. The van der Waals surface area contributed by atoms with Crippen LogP contribution in [0.2, 0.25) is 0 Å². The Bertz CT molecular complexity index is 443. The number of fused-ring (bicyclic) bond motifs is 1. The molecule has 1 aromatic carbocycles. The molecule has 1 aliphatic heterocycles. The fourth-order valence-electron chi connectivity index (χ4n) is 2.12. The third-order valence-electron chi connectivity index (χ3n) is 3.55. The summed E-state index contributed by atoms with van der Waals surface area (Å²) in [7, 11) is 0. The summed E-state index contributed by atoms with van der Waals surface area (Å²) in [6.45, 7) is 2.20. The van der Waals surface area contributed by atoms with E-state index in [2.05, 4.69) is 15.9 Å². The summed E-state index contributed by atoms with van der Waals surface area (Å²) in [6.07, 6.45) is 3.29. The van der Waals surface area contributed by atoms with Gasteiger partial charge in [0.25, 0.3) is 0 Å². The van der Waals surface area contributed by atoms with Crippen LogP contribution in [-0.2, 0) is 6.42 Å². The maximum Gasteiger partial charge on any atom is 0.162 e. The highest BCUT2D eigenvalue weighted by Crippen LogP contribution is 2.49. The molecule has 92 valence electrons. The summed E-state index contributed by atoms with van der Waals surface area (Å²) >= 11 is 3.55. The molecule has 3 rings (SSSR count). The van der Waals surface area contributed by atoms with Gasteiger partial charge in [0.1, 0.15) is 0 Å². The molecule has 3 nitrogen and oxygen atoms in total. The van der Waals surface area contributed by atoms with Gasteiger partial charge in [0, 0.05) is 9.89 Å². The van der Waals surface area contributed by atoms with Crippen molar-refractivity contribution < 1.29 is 9.47 Å². The minimum atomic E-state index is 0.291. The molecular weight excluding hydrogens is 282 g/mol. The van der Waals surface area contributed by atoms with Crippen LogP contribution >= 0.6 is 15.9 Å². The van der Waals surface area contributed by atoms with E-state index in [1.54, 1.807) is 0 Å². The van der Waals surface area contributed by atoms with Crippen LogP contribution in [0.25, 0.3) is 0 Å². The van der Waals surface area contributed by atoms with Gasteiger partial charge in [0.2, 0.25) is 0 Å². The van der Waals surface area contributed by atoms with Crippen molar-refractivity contribution in [2.45, 2.75) is 19.3 Å². The first-order valence-corrected chi connectivity index (χ1v) is 6.80. The Labute approximate surface area is 109 Å². The van der Waals surface area contributed by atoms with Gasteiger partial charge in [0.05, 0.1) is 13.2 Å². The summed E-state index contributed by atoms with van der Waals surface area (Å²) in [5.74, 6) is 1.71. The molecule has 4 heteroatoms. The van der Waals surface area contributed by atoms with Crippen LogP contribution in [0.3, 0.4) is 0 Å². The van der Waals surface area contributed by atoms with Gasteiger partial charge < -0.3 is 15.2 Å². The number of nitrogens with two attached hydrogens (primary N) is 1. The van der Waals surface area contributed by atoms with E-state index < -0.39 is 0 Å². The molecule has 17 heavy (non-hydrogen) atoms. The Hall–Kier alpha value is -0.740. The normalized spacial score (nSPS) is 20.1. The van der Waals surface area contributed by atoms with Gasteiger partial charge in [-0.25, -0.2) is 0 Å². The lowest BCUT2D eigenvalue weighted by Crippen LogP contribution is -2.17. The average Bonchev–Trinajstić information content (AvgIpc) is 3.10. The maximum atomic E-state index is 5.88. The fourth-order valence-corrected chi connectivity index (χ4v) is 2.64. The Balaban J connectivity index is 1.90. The highest BCUT2D eigenvalue weighted by atomic mass is 79.9. The molecular formula is C13H16BrNO2. The largest absolute Gasteiger partial charge is 0.489 e. The minimum Gasteiger partial charge on any atom is -0.489 e. The molecule has 0 saturated heterocycles. The van der Waals surface area contributed by atoms with Crippen molar-refractivity contribution in [3.05, 3.63) is 22.2 Å². The Kier molecular flexibility index (Phi) is 2.79. The van der Waals surface area contributed by atoms with Gasteiger partial charge >= 0.3 is 0 Å². The second kappa shape index (κ2) is 4.18. The molecule has 0 atom stereocenters. The molecule has 0 unspecified atom stereocenters. The lowest BCUT2D eigenvalue weighted by atomic mass is 10.1. The van der Waals surface area contributed by atoms with E-state index in [9.17, 15) is 0 Å². The summed E-state index contributed by atoms with van der Waals surface area (Å²) in [5, 5.41) is 0. The third kappa shape index (κ3) is 2.16. The van der Waals surface area contributed by atoms with E-state index in [0.29, 0.717) is 12.0 Å². The van der Waals surface area contributed by atoms with Crippen LogP contribution in [-0.4, -0.2) is 19.8 Å². The van der Waals surface area contributed by atoms with Gasteiger partial charge in [-0.3, -0.25) is 0 Å². The topological polar surface area (TPSA) is 44.5 Å². The van der Waals surface area contributed by atoms with Crippen LogP contribution < -0.4 is 15.2 Å². The lowest BCUT2D eigenvalue weighted by Gasteiger charge is -2.10.